The van der Waals surface area contributed by atoms with Crippen molar-refractivity contribution >= 4 is 0 Å². The summed E-state index contributed by atoms with van der Waals surface area (Å²) in [4.78, 5) is 4.14. The van der Waals surface area contributed by atoms with E-state index < -0.39 is 0 Å². The number of imidazole rings is 1. The van der Waals surface area contributed by atoms with Crippen LogP contribution < -0.4 is 0 Å². The molecule has 0 bridgehead atoms. The summed E-state index contributed by atoms with van der Waals surface area (Å²) in [6, 6.07) is 17.4. The van der Waals surface area contributed by atoms with Gasteiger partial charge in [-0.3, -0.25) is 0 Å². The van der Waals surface area contributed by atoms with Crippen LogP contribution >= 0.6 is 0 Å². The summed E-state index contributed by atoms with van der Waals surface area (Å²) in [6.07, 6.45) is 5.76. The van der Waals surface area contributed by atoms with Crippen molar-refractivity contribution in [3.8, 4) is 11.1 Å². The van der Waals surface area contributed by atoms with Crippen LogP contribution in [0.5, 0.6) is 0 Å². The second kappa shape index (κ2) is 4.09. The average molecular weight is 246 g/mol. The molecule has 0 spiro atoms. The maximum atomic E-state index is 4.14. The average Bonchev–Trinajstić information content (AvgIpc) is 3.08. The fourth-order valence-corrected chi connectivity index (χ4v) is 3.06. The lowest BCUT2D eigenvalue weighted by atomic mass is 9.97. The molecule has 0 atom stereocenters. The summed E-state index contributed by atoms with van der Waals surface area (Å²) in [5, 5.41) is 0. The lowest BCUT2D eigenvalue weighted by Crippen LogP contribution is -2.06. The molecule has 2 heteroatoms. The standard InChI is InChI=1S/C17H14N2/c1-3-7-15-13(5-1)14-6-2-4-8-16(14)17(15)11-19-10-9-18-12-19/h1-10,12,17H,11H2. The van der Waals surface area contributed by atoms with Gasteiger partial charge in [-0.15, -0.1) is 0 Å². The molecule has 4 rings (SSSR count). The van der Waals surface area contributed by atoms with Gasteiger partial charge in [-0.25, -0.2) is 4.98 Å². The molecule has 3 aromatic rings. The van der Waals surface area contributed by atoms with Crippen LogP contribution in [0.2, 0.25) is 0 Å². The molecular weight excluding hydrogens is 232 g/mol. The molecular formula is C17H14N2. The minimum Gasteiger partial charge on any atom is -0.337 e. The predicted molar refractivity (Wildman–Crippen MR) is 75.9 cm³/mol. The summed E-state index contributed by atoms with van der Waals surface area (Å²) in [6.45, 7) is 0.952. The third-order valence-electron chi connectivity index (χ3n) is 3.92. The van der Waals surface area contributed by atoms with Crippen molar-refractivity contribution in [3.63, 3.8) is 0 Å². The van der Waals surface area contributed by atoms with Gasteiger partial charge in [0, 0.05) is 24.9 Å². The largest absolute Gasteiger partial charge is 0.337 e. The first kappa shape index (κ1) is 10.6. The van der Waals surface area contributed by atoms with Gasteiger partial charge in [-0.2, -0.15) is 0 Å². The smallest absolute Gasteiger partial charge is 0.0946 e. The maximum Gasteiger partial charge on any atom is 0.0946 e. The van der Waals surface area contributed by atoms with Gasteiger partial charge in [-0.05, 0) is 22.3 Å². The van der Waals surface area contributed by atoms with E-state index in [2.05, 4.69) is 58.1 Å². The lowest BCUT2D eigenvalue weighted by Gasteiger charge is -2.14. The zero-order valence-electron chi connectivity index (χ0n) is 10.5. The Kier molecular flexibility index (Phi) is 2.27. The van der Waals surface area contributed by atoms with Gasteiger partial charge < -0.3 is 4.57 Å². The maximum absolute atomic E-state index is 4.14. The molecule has 0 N–H and O–H groups in total. The van der Waals surface area contributed by atoms with Crippen molar-refractivity contribution in [1.29, 1.82) is 0 Å². The van der Waals surface area contributed by atoms with Crippen LogP contribution in [-0.2, 0) is 6.54 Å². The molecule has 0 fully saturated rings. The molecule has 1 aliphatic rings. The van der Waals surface area contributed by atoms with Gasteiger partial charge in [0.2, 0.25) is 0 Å². The molecule has 92 valence electrons. The second-order valence-corrected chi connectivity index (χ2v) is 4.99. The van der Waals surface area contributed by atoms with Crippen LogP contribution in [0.3, 0.4) is 0 Å². The van der Waals surface area contributed by atoms with Crippen molar-refractivity contribution in [2.45, 2.75) is 12.5 Å². The van der Waals surface area contributed by atoms with E-state index >= 15 is 0 Å². The van der Waals surface area contributed by atoms with Crippen LogP contribution in [0.25, 0.3) is 11.1 Å². The molecule has 0 saturated carbocycles. The van der Waals surface area contributed by atoms with Gasteiger partial charge >= 0.3 is 0 Å². The topological polar surface area (TPSA) is 17.8 Å². The van der Waals surface area contributed by atoms with E-state index in [0.717, 1.165) is 6.54 Å². The molecule has 0 amide bonds. The normalized spacial score (nSPS) is 13.3. The minimum atomic E-state index is 0.432. The van der Waals surface area contributed by atoms with Gasteiger partial charge in [0.1, 0.15) is 0 Å². The van der Waals surface area contributed by atoms with Crippen LogP contribution in [0, 0.1) is 0 Å². The number of nitrogens with zero attached hydrogens (tertiary/aromatic N) is 2. The first-order chi connectivity index (χ1) is 9.43. The first-order valence-electron chi connectivity index (χ1n) is 6.57. The number of fused-ring (bicyclic) bond motifs is 3. The number of rotatable bonds is 2. The Morgan fingerprint density at radius 2 is 1.53 bits per heavy atom. The van der Waals surface area contributed by atoms with E-state index in [9.17, 15) is 0 Å². The third-order valence-corrected chi connectivity index (χ3v) is 3.92. The molecule has 0 saturated heterocycles. The zero-order chi connectivity index (χ0) is 12.7. The Morgan fingerprint density at radius 3 is 2.11 bits per heavy atom. The first-order valence-corrected chi connectivity index (χ1v) is 6.57. The highest BCUT2D eigenvalue weighted by Gasteiger charge is 2.27. The number of benzene rings is 2. The zero-order valence-corrected chi connectivity index (χ0v) is 10.5. The monoisotopic (exact) mass is 246 g/mol. The molecule has 0 aliphatic heterocycles. The summed E-state index contributed by atoms with van der Waals surface area (Å²) < 4.78 is 2.16. The van der Waals surface area contributed by atoms with Gasteiger partial charge in [0.15, 0.2) is 0 Å². The van der Waals surface area contributed by atoms with Crippen LogP contribution in [0.1, 0.15) is 17.0 Å². The highest BCUT2D eigenvalue weighted by atomic mass is 15.0. The van der Waals surface area contributed by atoms with E-state index in [1.807, 2.05) is 18.7 Å². The highest BCUT2D eigenvalue weighted by Crippen LogP contribution is 2.45. The number of hydrogen-bond acceptors (Lipinski definition) is 1. The Hall–Kier alpha value is -2.35. The molecule has 1 aliphatic carbocycles. The summed E-state index contributed by atoms with van der Waals surface area (Å²) in [5.41, 5.74) is 5.61. The van der Waals surface area contributed by atoms with Crippen LogP contribution in [0.4, 0.5) is 0 Å². The van der Waals surface area contributed by atoms with E-state index in [1.165, 1.54) is 22.3 Å². The van der Waals surface area contributed by atoms with E-state index in [0.29, 0.717) is 5.92 Å². The van der Waals surface area contributed by atoms with E-state index in [-0.39, 0.29) is 0 Å². The fraction of sp³-hybridized carbons (Fsp3) is 0.118. The predicted octanol–water partition coefficient (Wildman–Crippen LogP) is 3.70. The van der Waals surface area contributed by atoms with Gasteiger partial charge in [0.05, 0.1) is 6.33 Å². The molecule has 2 nitrogen and oxygen atoms in total. The van der Waals surface area contributed by atoms with Crippen molar-refractivity contribution in [2.24, 2.45) is 0 Å². The van der Waals surface area contributed by atoms with Crippen molar-refractivity contribution < 1.29 is 0 Å². The number of aromatic nitrogens is 2. The Labute approximate surface area is 112 Å². The van der Waals surface area contributed by atoms with Crippen molar-refractivity contribution in [2.75, 3.05) is 0 Å². The van der Waals surface area contributed by atoms with E-state index in [4.69, 9.17) is 0 Å². The Morgan fingerprint density at radius 1 is 0.895 bits per heavy atom. The molecule has 0 radical (unpaired) electrons. The highest BCUT2D eigenvalue weighted by molar-refractivity contribution is 5.78. The number of hydrogen-bond donors (Lipinski definition) is 0. The molecule has 2 aromatic carbocycles. The van der Waals surface area contributed by atoms with Gasteiger partial charge in [0.25, 0.3) is 0 Å². The Bertz CT molecular complexity index is 668. The molecule has 1 heterocycles. The van der Waals surface area contributed by atoms with E-state index in [1.54, 1.807) is 0 Å². The fourth-order valence-electron chi connectivity index (χ4n) is 3.06. The second-order valence-electron chi connectivity index (χ2n) is 4.99. The molecule has 0 unspecified atom stereocenters. The molecule has 1 aromatic heterocycles. The molecule has 19 heavy (non-hydrogen) atoms. The van der Waals surface area contributed by atoms with Crippen LogP contribution in [-0.4, -0.2) is 9.55 Å². The summed E-state index contributed by atoms with van der Waals surface area (Å²) in [5.74, 6) is 0.432. The quantitative estimate of drug-likeness (QED) is 0.674. The SMILES string of the molecule is c1ccc2c(c1)-c1ccccc1C2Cn1ccnc1. The van der Waals surface area contributed by atoms with Gasteiger partial charge in [-0.1, -0.05) is 48.5 Å². The minimum absolute atomic E-state index is 0.432. The van der Waals surface area contributed by atoms with Crippen molar-refractivity contribution in [1.82, 2.24) is 9.55 Å². The Balaban J connectivity index is 1.86. The lowest BCUT2D eigenvalue weighted by molar-refractivity contribution is 0.633. The van der Waals surface area contributed by atoms with Crippen LogP contribution in [0.15, 0.2) is 67.3 Å². The third kappa shape index (κ3) is 1.60. The summed E-state index contributed by atoms with van der Waals surface area (Å²) in [7, 11) is 0. The summed E-state index contributed by atoms with van der Waals surface area (Å²) >= 11 is 0. The van der Waals surface area contributed by atoms with Crippen molar-refractivity contribution in [3.05, 3.63) is 78.4 Å².